The van der Waals surface area contributed by atoms with Gasteiger partial charge in [-0.05, 0) is 56.8 Å². The number of nitrogens with one attached hydrogen (secondary N) is 1. The number of hydrogen-bond acceptors (Lipinski definition) is 2. The molecule has 0 atom stereocenters. The first-order chi connectivity index (χ1) is 9.47. The maximum atomic E-state index is 3.50. The summed E-state index contributed by atoms with van der Waals surface area (Å²) in [6.45, 7) is 13.6. The van der Waals surface area contributed by atoms with E-state index in [2.05, 4.69) is 62.2 Å². The van der Waals surface area contributed by atoms with Crippen molar-refractivity contribution in [1.29, 1.82) is 0 Å². The fourth-order valence-corrected chi connectivity index (χ4v) is 2.94. The van der Waals surface area contributed by atoms with E-state index in [0.29, 0.717) is 11.5 Å². The Balaban J connectivity index is 1.85. The molecule has 112 valence electrons. The largest absolute Gasteiger partial charge is 0.312 e. The second-order valence-electron chi connectivity index (χ2n) is 7.18. The second kappa shape index (κ2) is 6.73. The predicted octanol–water partition coefficient (Wildman–Crippen LogP) is 3.81. The van der Waals surface area contributed by atoms with E-state index in [-0.39, 0.29) is 0 Å². The van der Waals surface area contributed by atoms with E-state index < -0.39 is 0 Å². The molecule has 0 amide bonds. The van der Waals surface area contributed by atoms with Gasteiger partial charge < -0.3 is 5.32 Å². The molecule has 1 aromatic rings. The first kappa shape index (κ1) is 15.5. The van der Waals surface area contributed by atoms with Crippen molar-refractivity contribution in [2.45, 2.75) is 59.2 Å². The number of rotatable bonds is 6. The molecular weight excluding hydrogens is 244 g/mol. The van der Waals surface area contributed by atoms with Gasteiger partial charge in [0.2, 0.25) is 0 Å². The van der Waals surface area contributed by atoms with Crippen molar-refractivity contribution < 1.29 is 0 Å². The highest BCUT2D eigenvalue weighted by Crippen LogP contribution is 2.29. The molecule has 1 aliphatic rings. The zero-order valence-corrected chi connectivity index (χ0v) is 13.6. The minimum atomic E-state index is 0.373. The van der Waals surface area contributed by atoms with Gasteiger partial charge >= 0.3 is 0 Å². The van der Waals surface area contributed by atoms with E-state index in [4.69, 9.17) is 0 Å². The van der Waals surface area contributed by atoms with Crippen LogP contribution in [0, 0.1) is 5.92 Å². The summed E-state index contributed by atoms with van der Waals surface area (Å²) in [5.41, 5.74) is 3.19. The summed E-state index contributed by atoms with van der Waals surface area (Å²) in [5, 5.41) is 3.50. The molecular formula is C18H30N2. The van der Waals surface area contributed by atoms with Crippen LogP contribution in [0.15, 0.2) is 24.3 Å². The van der Waals surface area contributed by atoms with E-state index >= 15 is 0 Å². The first-order valence-electron chi connectivity index (χ1n) is 8.01. The van der Waals surface area contributed by atoms with Gasteiger partial charge in [-0.2, -0.15) is 0 Å². The Morgan fingerprint density at radius 2 is 1.80 bits per heavy atom. The van der Waals surface area contributed by atoms with Crippen LogP contribution in [0.5, 0.6) is 0 Å². The van der Waals surface area contributed by atoms with Crippen LogP contribution < -0.4 is 5.32 Å². The summed E-state index contributed by atoms with van der Waals surface area (Å²) in [7, 11) is 0. The van der Waals surface area contributed by atoms with Crippen LogP contribution in [-0.4, -0.2) is 23.5 Å². The molecule has 20 heavy (non-hydrogen) atoms. The average molecular weight is 274 g/mol. The lowest BCUT2D eigenvalue weighted by Crippen LogP contribution is -2.37. The number of benzene rings is 1. The van der Waals surface area contributed by atoms with Gasteiger partial charge in [0.05, 0.1) is 0 Å². The van der Waals surface area contributed by atoms with Crippen LogP contribution in [0.3, 0.4) is 0 Å². The summed E-state index contributed by atoms with van der Waals surface area (Å²) in [5.74, 6) is 0.715. The Hall–Kier alpha value is -0.860. The molecule has 1 fully saturated rings. The molecule has 0 aliphatic carbocycles. The fourth-order valence-electron chi connectivity index (χ4n) is 2.94. The van der Waals surface area contributed by atoms with E-state index in [9.17, 15) is 0 Å². The lowest BCUT2D eigenvalue weighted by molar-refractivity contribution is 0.166. The zero-order valence-electron chi connectivity index (χ0n) is 13.6. The highest BCUT2D eigenvalue weighted by molar-refractivity contribution is 5.22. The quantitative estimate of drug-likeness (QED) is 0.848. The Kier molecular flexibility index (Phi) is 5.22. The molecule has 1 saturated heterocycles. The SMILES string of the molecule is CC(C)CNCc1ccc(CN2CCCC2(C)C)cc1. The number of likely N-dealkylation sites (tertiary alicyclic amines) is 1. The number of nitrogens with zero attached hydrogens (tertiary/aromatic N) is 1. The third kappa shape index (κ3) is 4.32. The van der Waals surface area contributed by atoms with Gasteiger partial charge in [-0.15, -0.1) is 0 Å². The highest BCUT2D eigenvalue weighted by atomic mass is 15.2. The Bertz CT molecular complexity index is 406. The summed E-state index contributed by atoms with van der Waals surface area (Å²) in [6.07, 6.45) is 2.66. The van der Waals surface area contributed by atoms with Crippen molar-refractivity contribution in [3.8, 4) is 0 Å². The standard InChI is InChI=1S/C18H30N2/c1-15(2)12-19-13-16-6-8-17(9-7-16)14-20-11-5-10-18(20,3)4/h6-9,15,19H,5,10-14H2,1-4H3. The molecule has 0 saturated carbocycles. The molecule has 0 spiro atoms. The molecule has 0 unspecified atom stereocenters. The molecule has 0 bridgehead atoms. The fraction of sp³-hybridized carbons (Fsp3) is 0.667. The summed E-state index contributed by atoms with van der Waals surface area (Å²) < 4.78 is 0. The monoisotopic (exact) mass is 274 g/mol. The third-order valence-electron chi connectivity index (χ3n) is 4.35. The van der Waals surface area contributed by atoms with Crippen LogP contribution in [0.25, 0.3) is 0 Å². The smallest absolute Gasteiger partial charge is 0.0239 e. The Morgan fingerprint density at radius 1 is 1.15 bits per heavy atom. The van der Waals surface area contributed by atoms with E-state index in [0.717, 1.165) is 19.6 Å². The molecule has 2 heteroatoms. The summed E-state index contributed by atoms with van der Waals surface area (Å²) in [4.78, 5) is 2.61. The van der Waals surface area contributed by atoms with Gasteiger partial charge in [0.15, 0.2) is 0 Å². The van der Waals surface area contributed by atoms with Crippen molar-refractivity contribution in [1.82, 2.24) is 10.2 Å². The van der Waals surface area contributed by atoms with Gasteiger partial charge in [-0.1, -0.05) is 38.1 Å². The van der Waals surface area contributed by atoms with Gasteiger partial charge in [0, 0.05) is 18.6 Å². The maximum absolute atomic E-state index is 3.50. The van der Waals surface area contributed by atoms with Crippen LogP contribution in [0.4, 0.5) is 0 Å². The predicted molar refractivity (Wildman–Crippen MR) is 86.7 cm³/mol. The molecule has 2 nitrogen and oxygen atoms in total. The van der Waals surface area contributed by atoms with Gasteiger partial charge in [0.1, 0.15) is 0 Å². The normalized spacial score (nSPS) is 18.9. The van der Waals surface area contributed by atoms with E-state index in [1.54, 1.807) is 0 Å². The zero-order chi connectivity index (χ0) is 14.6. The van der Waals surface area contributed by atoms with Crippen LogP contribution >= 0.6 is 0 Å². The first-order valence-corrected chi connectivity index (χ1v) is 8.01. The second-order valence-corrected chi connectivity index (χ2v) is 7.18. The van der Waals surface area contributed by atoms with E-state index in [1.807, 2.05) is 0 Å². The van der Waals surface area contributed by atoms with Crippen LogP contribution in [0.2, 0.25) is 0 Å². The minimum absolute atomic E-state index is 0.373. The average Bonchev–Trinajstić information content (AvgIpc) is 2.70. The lowest BCUT2D eigenvalue weighted by atomic mass is 10.0. The van der Waals surface area contributed by atoms with Crippen molar-refractivity contribution in [2.75, 3.05) is 13.1 Å². The van der Waals surface area contributed by atoms with E-state index in [1.165, 1.54) is 30.5 Å². The van der Waals surface area contributed by atoms with Crippen molar-refractivity contribution >= 4 is 0 Å². The summed E-state index contributed by atoms with van der Waals surface area (Å²) in [6, 6.07) is 9.12. The van der Waals surface area contributed by atoms with Gasteiger partial charge in [-0.25, -0.2) is 0 Å². The lowest BCUT2D eigenvalue weighted by Gasteiger charge is -2.31. The van der Waals surface area contributed by atoms with Crippen LogP contribution in [-0.2, 0) is 13.1 Å². The highest BCUT2D eigenvalue weighted by Gasteiger charge is 2.31. The Morgan fingerprint density at radius 3 is 2.35 bits per heavy atom. The van der Waals surface area contributed by atoms with Crippen molar-refractivity contribution in [3.05, 3.63) is 35.4 Å². The van der Waals surface area contributed by atoms with Crippen LogP contribution in [0.1, 0.15) is 51.7 Å². The van der Waals surface area contributed by atoms with Gasteiger partial charge in [0.25, 0.3) is 0 Å². The molecule has 1 heterocycles. The summed E-state index contributed by atoms with van der Waals surface area (Å²) >= 11 is 0. The topological polar surface area (TPSA) is 15.3 Å². The molecule has 1 N–H and O–H groups in total. The minimum Gasteiger partial charge on any atom is -0.312 e. The van der Waals surface area contributed by atoms with Crippen molar-refractivity contribution in [3.63, 3.8) is 0 Å². The maximum Gasteiger partial charge on any atom is 0.0239 e. The Labute approximate surface area is 124 Å². The third-order valence-corrected chi connectivity index (χ3v) is 4.35. The molecule has 2 rings (SSSR count). The molecule has 1 aliphatic heterocycles. The number of hydrogen-bond donors (Lipinski definition) is 1. The van der Waals surface area contributed by atoms with Gasteiger partial charge in [-0.3, -0.25) is 4.90 Å². The molecule has 1 aromatic carbocycles. The molecule has 0 aromatic heterocycles. The van der Waals surface area contributed by atoms with Crippen molar-refractivity contribution in [2.24, 2.45) is 5.92 Å². The molecule has 0 radical (unpaired) electrons.